The summed E-state index contributed by atoms with van der Waals surface area (Å²) in [5.74, 6) is 0.199. The van der Waals surface area contributed by atoms with Gasteiger partial charge in [-0.05, 0) is 67.2 Å². The van der Waals surface area contributed by atoms with Gasteiger partial charge in [-0.3, -0.25) is 14.5 Å². The zero-order valence-electron chi connectivity index (χ0n) is 19.4. The Kier molecular flexibility index (Phi) is 8.68. The molecule has 2 aromatic carbocycles. The summed E-state index contributed by atoms with van der Waals surface area (Å²) in [6, 6.07) is 14.5. The molecular formula is C26H35N3O3. The van der Waals surface area contributed by atoms with E-state index in [1.165, 1.54) is 24.8 Å². The molecule has 0 aliphatic carbocycles. The molecule has 0 radical (unpaired) electrons. The summed E-state index contributed by atoms with van der Waals surface area (Å²) >= 11 is 0. The van der Waals surface area contributed by atoms with Crippen molar-refractivity contribution in [2.75, 3.05) is 20.2 Å². The van der Waals surface area contributed by atoms with Crippen LogP contribution < -0.4 is 15.4 Å². The van der Waals surface area contributed by atoms with Crippen LogP contribution in [0.5, 0.6) is 5.75 Å². The minimum atomic E-state index is -0.612. The largest absolute Gasteiger partial charge is 0.497 e. The number of nitrogens with one attached hydrogen (secondary N) is 2. The SMILES string of the molecule is COc1ccc(C(=O)NC(C(=O)NCc2ccccc2CN2CCCCC2)C(C)C)cc1. The molecule has 1 fully saturated rings. The molecule has 1 atom stereocenters. The molecule has 0 spiro atoms. The van der Waals surface area contributed by atoms with Crippen LogP contribution in [-0.2, 0) is 17.9 Å². The maximum absolute atomic E-state index is 13.0. The van der Waals surface area contributed by atoms with Gasteiger partial charge < -0.3 is 15.4 Å². The molecule has 1 heterocycles. The van der Waals surface area contributed by atoms with Gasteiger partial charge in [0.05, 0.1) is 7.11 Å². The number of ether oxygens (including phenoxy) is 1. The predicted molar refractivity (Wildman–Crippen MR) is 127 cm³/mol. The van der Waals surface area contributed by atoms with Crippen molar-refractivity contribution in [1.82, 2.24) is 15.5 Å². The van der Waals surface area contributed by atoms with Crippen LogP contribution in [0.25, 0.3) is 0 Å². The average Bonchev–Trinajstić information content (AvgIpc) is 2.82. The van der Waals surface area contributed by atoms with Gasteiger partial charge >= 0.3 is 0 Å². The monoisotopic (exact) mass is 437 g/mol. The number of amides is 2. The van der Waals surface area contributed by atoms with Crippen molar-refractivity contribution < 1.29 is 14.3 Å². The van der Waals surface area contributed by atoms with Gasteiger partial charge in [0, 0.05) is 18.7 Å². The van der Waals surface area contributed by atoms with Gasteiger partial charge in [-0.15, -0.1) is 0 Å². The molecule has 3 rings (SSSR count). The summed E-state index contributed by atoms with van der Waals surface area (Å²) in [5, 5.41) is 5.93. The number of nitrogens with zero attached hydrogens (tertiary/aromatic N) is 1. The van der Waals surface area contributed by atoms with Crippen LogP contribution in [0.4, 0.5) is 0 Å². The third kappa shape index (κ3) is 6.57. The molecular weight excluding hydrogens is 402 g/mol. The molecule has 1 aliphatic rings. The fourth-order valence-corrected chi connectivity index (χ4v) is 4.04. The number of hydrogen-bond donors (Lipinski definition) is 2. The third-order valence-corrected chi connectivity index (χ3v) is 6.00. The lowest BCUT2D eigenvalue weighted by Gasteiger charge is -2.27. The molecule has 32 heavy (non-hydrogen) atoms. The first kappa shape index (κ1) is 23.8. The second kappa shape index (κ2) is 11.7. The van der Waals surface area contributed by atoms with E-state index in [-0.39, 0.29) is 17.7 Å². The Labute approximate surface area is 191 Å². The van der Waals surface area contributed by atoms with Crippen molar-refractivity contribution in [3.05, 3.63) is 65.2 Å². The first-order valence-electron chi connectivity index (χ1n) is 11.5. The highest BCUT2D eigenvalue weighted by Gasteiger charge is 2.25. The van der Waals surface area contributed by atoms with Gasteiger partial charge in [0.15, 0.2) is 0 Å². The van der Waals surface area contributed by atoms with Crippen LogP contribution in [0.1, 0.15) is 54.6 Å². The van der Waals surface area contributed by atoms with Crippen LogP contribution in [0.15, 0.2) is 48.5 Å². The van der Waals surface area contributed by atoms with E-state index in [4.69, 9.17) is 4.74 Å². The molecule has 1 aliphatic heterocycles. The highest BCUT2D eigenvalue weighted by molar-refractivity contribution is 5.97. The molecule has 0 bridgehead atoms. The fourth-order valence-electron chi connectivity index (χ4n) is 4.04. The lowest BCUT2D eigenvalue weighted by Crippen LogP contribution is -2.49. The zero-order valence-corrected chi connectivity index (χ0v) is 19.4. The lowest BCUT2D eigenvalue weighted by molar-refractivity contribution is -0.124. The molecule has 2 amide bonds. The second-order valence-electron chi connectivity index (χ2n) is 8.75. The van der Waals surface area contributed by atoms with Gasteiger partial charge in [-0.2, -0.15) is 0 Å². The van der Waals surface area contributed by atoms with E-state index in [1.54, 1.807) is 31.4 Å². The highest BCUT2D eigenvalue weighted by Crippen LogP contribution is 2.17. The number of piperidine rings is 1. The first-order valence-corrected chi connectivity index (χ1v) is 11.5. The Balaban J connectivity index is 1.60. The van der Waals surface area contributed by atoms with Crippen molar-refractivity contribution >= 4 is 11.8 Å². The van der Waals surface area contributed by atoms with Crippen molar-refractivity contribution in [2.24, 2.45) is 5.92 Å². The van der Waals surface area contributed by atoms with Crippen LogP contribution in [-0.4, -0.2) is 43.0 Å². The van der Waals surface area contributed by atoms with Gasteiger partial charge in [0.1, 0.15) is 11.8 Å². The predicted octanol–water partition coefficient (Wildman–Crippen LogP) is 3.75. The molecule has 0 aromatic heterocycles. The topological polar surface area (TPSA) is 70.7 Å². The standard InChI is InChI=1S/C26H35N3O3/c1-19(2)24(28-25(30)20-11-13-23(32-3)14-12-20)26(31)27-17-21-9-5-6-10-22(21)18-29-15-7-4-8-16-29/h5-6,9-14,19,24H,4,7-8,15-18H2,1-3H3,(H,27,31)(H,28,30). The maximum Gasteiger partial charge on any atom is 0.251 e. The molecule has 2 N–H and O–H groups in total. The van der Waals surface area contributed by atoms with Gasteiger partial charge in [0.25, 0.3) is 5.91 Å². The van der Waals surface area contributed by atoms with E-state index in [0.29, 0.717) is 17.9 Å². The van der Waals surface area contributed by atoms with Crippen molar-refractivity contribution in [1.29, 1.82) is 0 Å². The molecule has 2 aromatic rings. The maximum atomic E-state index is 13.0. The van der Waals surface area contributed by atoms with E-state index >= 15 is 0 Å². The Hall–Kier alpha value is -2.86. The molecule has 172 valence electrons. The summed E-state index contributed by atoms with van der Waals surface area (Å²) in [5.41, 5.74) is 2.87. The van der Waals surface area contributed by atoms with Crippen molar-refractivity contribution in [2.45, 2.75) is 52.2 Å². The van der Waals surface area contributed by atoms with Crippen LogP contribution in [0.2, 0.25) is 0 Å². The number of rotatable bonds is 9. The number of carbonyl (C=O) groups is 2. The highest BCUT2D eigenvalue weighted by atomic mass is 16.5. The van der Waals surface area contributed by atoms with Crippen LogP contribution in [0, 0.1) is 5.92 Å². The smallest absolute Gasteiger partial charge is 0.251 e. The summed E-state index contributed by atoms with van der Waals surface area (Å²) < 4.78 is 5.14. The summed E-state index contributed by atoms with van der Waals surface area (Å²) in [6.45, 7) is 7.49. The number of likely N-dealkylation sites (tertiary alicyclic amines) is 1. The zero-order chi connectivity index (χ0) is 22.9. The number of benzene rings is 2. The molecule has 6 heteroatoms. The van der Waals surface area contributed by atoms with Gasteiger partial charge in [0.2, 0.25) is 5.91 Å². The Morgan fingerprint density at radius 3 is 2.25 bits per heavy atom. The van der Waals surface area contributed by atoms with E-state index in [1.807, 2.05) is 19.9 Å². The van der Waals surface area contributed by atoms with Gasteiger partial charge in [-0.1, -0.05) is 44.5 Å². The van der Waals surface area contributed by atoms with E-state index in [9.17, 15) is 9.59 Å². The molecule has 6 nitrogen and oxygen atoms in total. The quantitative estimate of drug-likeness (QED) is 0.627. The second-order valence-corrected chi connectivity index (χ2v) is 8.75. The number of methoxy groups -OCH3 is 1. The Morgan fingerprint density at radius 1 is 0.969 bits per heavy atom. The third-order valence-electron chi connectivity index (χ3n) is 6.00. The van der Waals surface area contributed by atoms with Crippen LogP contribution >= 0.6 is 0 Å². The summed E-state index contributed by atoms with van der Waals surface area (Å²) in [4.78, 5) is 28.1. The minimum Gasteiger partial charge on any atom is -0.497 e. The van der Waals surface area contributed by atoms with Gasteiger partial charge in [-0.25, -0.2) is 0 Å². The summed E-state index contributed by atoms with van der Waals surface area (Å²) in [7, 11) is 1.58. The molecule has 1 saturated heterocycles. The normalized spacial score (nSPS) is 15.2. The van der Waals surface area contributed by atoms with E-state index < -0.39 is 6.04 Å². The Morgan fingerprint density at radius 2 is 1.62 bits per heavy atom. The average molecular weight is 438 g/mol. The minimum absolute atomic E-state index is 0.0409. The summed E-state index contributed by atoms with van der Waals surface area (Å²) in [6.07, 6.45) is 3.82. The number of carbonyl (C=O) groups excluding carboxylic acids is 2. The van der Waals surface area contributed by atoms with Crippen molar-refractivity contribution in [3.8, 4) is 5.75 Å². The first-order chi connectivity index (χ1) is 15.5. The van der Waals surface area contributed by atoms with Crippen LogP contribution in [0.3, 0.4) is 0 Å². The van der Waals surface area contributed by atoms with Crippen molar-refractivity contribution in [3.63, 3.8) is 0 Å². The fraction of sp³-hybridized carbons (Fsp3) is 0.462. The van der Waals surface area contributed by atoms with E-state index in [0.717, 1.165) is 25.2 Å². The molecule has 0 saturated carbocycles. The molecule has 1 unspecified atom stereocenters. The number of hydrogen-bond acceptors (Lipinski definition) is 4. The lowest BCUT2D eigenvalue weighted by atomic mass is 10.0. The van der Waals surface area contributed by atoms with E-state index in [2.05, 4.69) is 33.7 Å². The Bertz CT molecular complexity index is 889.